The minimum atomic E-state index is -0.303. The summed E-state index contributed by atoms with van der Waals surface area (Å²) in [5.74, 6) is -0.343. The number of hydrogen-bond acceptors (Lipinski definition) is 2. The standard InChI is InChI=1S/C17H23FN2O/c1-3-20(15-9-13-6-7-14(10-15)19-13)17(21)12-5-4-11(2)16(18)8-12/h4-5,8,13-15,19H,3,6-7,9-10H2,1-2H3. The number of halogens is 1. The Bertz CT molecular complexity index is 534. The van der Waals surface area contributed by atoms with E-state index in [2.05, 4.69) is 5.32 Å². The van der Waals surface area contributed by atoms with Crippen molar-refractivity contribution >= 4 is 5.91 Å². The van der Waals surface area contributed by atoms with Crippen LogP contribution >= 0.6 is 0 Å². The molecule has 2 bridgehead atoms. The number of hydrogen-bond donors (Lipinski definition) is 1. The topological polar surface area (TPSA) is 32.3 Å². The molecule has 1 aromatic carbocycles. The summed E-state index contributed by atoms with van der Waals surface area (Å²) in [7, 11) is 0. The molecule has 3 nitrogen and oxygen atoms in total. The average molecular weight is 290 g/mol. The lowest BCUT2D eigenvalue weighted by atomic mass is 9.97. The fraction of sp³-hybridized carbons (Fsp3) is 0.588. The van der Waals surface area contributed by atoms with Crippen LogP contribution in [-0.4, -0.2) is 35.5 Å². The average Bonchev–Trinajstić information content (AvgIpc) is 2.81. The first-order valence-corrected chi connectivity index (χ1v) is 7.91. The molecule has 0 aliphatic carbocycles. The van der Waals surface area contributed by atoms with Crippen LogP contribution in [0, 0.1) is 12.7 Å². The van der Waals surface area contributed by atoms with Crippen LogP contribution in [0.25, 0.3) is 0 Å². The van der Waals surface area contributed by atoms with E-state index in [4.69, 9.17) is 0 Å². The van der Waals surface area contributed by atoms with Crippen LogP contribution in [0.4, 0.5) is 4.39 Å². The van der Waals surface area contributed by atoms with Gasteiger partial charge in [0.25, 0.3) is 5.91 Å². The fourth-order valence-electron chi connectivity index (χ4n) is 3.74. The molecule has 3 rings (SSSR count). The zero-order valence-corrected chi connectivity index (χ0v) is 12.7. The molecule has 1 amide bonds. The number of fused-ring (bicyclic) bond motifs is 2. The molecular formula is C17H23FN2O. The summed E-state index contributed by atoms with van der Waals surface area (Å²) in [6, 6.07) is 6.17. The Kier molecular flexibility index (Phi) is 3.98. The van der Waals surface area contributed by atoms with Gasteiger partial charge in [-0.25, -0.2) is 4.39 Å². The number of piperidine rings is 1. The lowest BCUT2D eigenvalue weighted by Gasteiger charge is -2.37. The van der Waals surface area contributed by atoms with Crippen LogP contribution in [0.15, 0.2) is 18.2 Å². The van der Waals surface area contributed by atoms with Gasteiger partial charge in [0.1, 0.15) is 5.82 Å². The van der Waals surface area contributed by atoms with Gasteiger partial charge in [-0.05, 0) is 57.2 Å². The number of aryl methyl sites for hydroxylation is 1. The number of benzene rings is 1. The van der Waals surface area contributed by atoms with Gasteiger partial charge in [0.15, 0.2) is 0 Å². The van der Waals surface area contributed by atoms with E-state index >= 15 is 0 Å². The van der Waals surface area contributed by atoms with Crippen LogP contribution in [-0.2, 0) is 0 Å². The molecule has 2 aliphatic rings. The second-order valence-corrected chi connectivity index (χ2v) is 6.32. The van der Waals surface area contributed by atoms with Gasteiger partial charge in [-0.3, -0.25) is 4.79 Å². The maximum absolute atomic E-state index is 13.7. The van der Waals surface area contributed by atoms with Crippen molar-refractivity contribution < 1.29 is 9.18 Å². The fourth-order valence-corrected chi connectivity index (χ4v) is 3.74. The summed E-state index contributed by atoms with van der Waals surface area (Å²) in [4.78, 5) is 14.6. The van der Waals surface area contributed by atoms with E-state index in [1.165, 1.54) is 18.9 Å². The van der Waals surface area contributed by atoms with Crippen molar-refractivity contribution in [2.45, 2.75) is 57.7 Å². The molecule has 2 unspecified atom stereocenters. The Hall–Kier alpha value is -1.42. The monoisotopic (exact) mass is 290 g/mol. The maximum Gasteiger partial charge on any atom is 0.254 e. The van der Waals surface area contributed by atoms with Crippen molar-refractivity contribution in [3.05, 3.63) is 35.1 Å². The zero-order valence-electron chi connectivity index (χ0n) is 12.7. The van der Waals surface area contributed by atoms with Gasteiger partial charge in [0.05, 0.1) is 0 Å². The van der Waals surface area contributed by atoms with Crippen molar-refractivity contribution in [3.63, 3.8) is 0 Å². The molecule has 1 aromatic rings. The Balaban J connectivity index is 1.79. The lowest BCUT2D eigenvalue weighted by molar-refractivity contribution is 0.0630. The predicted molar refractivity (Wildman–Crippen MR) is 80.8 cm³/mol. The number of nitrogens with one attached hydrogen (secondary N) is 1. The van der Waals surface area contributed by atoms with Gasteiger partial charge in [-0.1, -0.05) is 6.07 Å². The molecule has 2 saturated heterocycles. The highest BCUT2D eigenvalue weighted by molar-refractivity contribution is 5.94. The van der Waals surface area contributed by atoms with Gasteiger partial charge in [0, 0.05) is 30.2 Å². The minimum Gasteiger partial charge on any atom is -0.336 e. The Morgan fingerprint density at radius 1 is 1.33 bits per heavy atom. The third kappa shape index (κ3) is 2.82. The highest BCUT2D eigenvalue weighted by Gasteiger charge is 2.37. The summed E-state index contributed by atoms with van der Waals surface area (Å²) >= 11 is 0. The molecule has 0 saturated carbocycles. The van der Waals surface area contributed by atoms with Gasteiger partial charge in [-0.15, -0.1) is 0 Å². The highest BCUT2D eigenvalue weighted by atomic mass is 19.1. The molecule has 4 heteroatoms. The van der Waals surface area contributed by atoms with Crippen LogP contribution in [0.5, 0.6) is 0 Å². The third-order valence-electron chi connectivity index (χ3n) is 4.91. The number of carbonyl (C=O) groups excluding carboxylic acids is 1. The normalized spacial score (nSPS) is 27.7. The quantitative estimate of drug-likeness (QED) is 0.928. The molecular weight excluding hydrogens is 267 g/mol. The van der Waals surface area contributed by atoms with E-state index in [9.17, 15) is 9.18 Å². The van der Waals surface area contributed by atoms with Crippen molar-refractivity contribution in [1.82, 2.24) is 10.2 Å². The number of nitrogens with zero attached hydrogens (tertiary/aromatic N) is 1. The smallest absolute Gasteiger partial charge is 0.254 e. The molecule has 2 fully saturated rings. The molecule has 1 N–H and O–H groups in total. The Morgan fingerprint density at radius 2 is 2.00 bits per heavy atom. The SMILES string of the molecule is CCN(C(=O)c1ccc(C)c(F)c1)C1CC2CCC(C1)N2. The largest absolute Gasteiger partial charge is 0.336 e. The molecule has 2 atom stereocenters. The van der Waals surface area contributed by atoms with E-state index in [1.54, 1.807) is 19.1 Å². The van der Waals surface area contributed by atoms with E-state index in [0.717, 1.165) is 12.8 Å². The minimum absolute atomic E-state index is 0.0392. The summed E-state index contributed by atoms with van der Waals surface area (Å²) in [5, 5.41) is 3.60. The van der Waals surface area contributed by atoms with Crippen molar-refractivity contribution in [2.75, 3.05) is 6.54 Å². The van der Waals surface area contributed by atoms with Crippen molar-refractivity contribution in [2.24, 2.45) is 0 Å². The van der Waals surface area contributed by atoms with Gasteiger partial charge in [0.2, 0.25) is 0 Å². The van der Waals surface area contributed by atoms with Crippen molar-refractivity contribution in [3.8, 4) is 0 Å². The second kappa shape index (κ2) is 5.76. The van der Waals surface area contributed by atoms with Crippen LogP contribution in [0.1, 0.15) is 48.5 Å². The molecule has 0 spiro atoms. The van der Waals surface area contributed by atoms with Crippen LogP contribution in [0.2, 0.25) is 0 Å². The maximum atomic E-state index is 13.7. The molecule has 21 heavy (non-hydrogen) atoms. The first-order valence-electron chi connectivity index (χ1n) is 7.91. The first kappa shape index (κ1) is 14.5. The lowest BCUT2D eigenvalue weighted by Crippen LogP contribution is -2.50. The Morgan fingerprint density at radius 3 is 2.57 bits per heavy atom. The van der Waals surface area contributed by atoms with E-state index in [1.807, 2.05) is 11.8 Å². The Labute approximate surface area is 125 Å². The molecule has 2 heterocycles. The van der Waals surface area contributed by atoms with Gasteiger partial charge >= 0.3 is 0 Å². The van der Waals surface area contributed by atoms with Crippen LogP contribution < -0.4 is 5.32 Å². The number of carbonyl (C=O) groups is 1. The molecule has 2 aliphatic heterocycles. The van der Waals surface area contributed by atoms with Gasteiger partial charge < -0.3 is 10.2 Å². The summed E-state index contributed by atoms with van der Waals surface area (Å²) < 4.78 is 13.7. The first-order chi connectivity index (χ1) is 10.1. The van der Waals surface area contributed by atoms with Crippen molar-refractivity contribution in [1.29, 1.82) is 0 Å². The molecule has 114 valence electrons. The summed E-state index contributed by atoms with van der Waals surface area (Å²) in [5.41, 5.74) is 1.04. The molecule has 0 radical (unpaired) electrons. The second-order valence-electron chi connectivity index (χ2n) is 6.32. The van der Waals surface area contributed by atoms with E-state index < -0.39 is 0 Å². The third-order valence-corrected chi connectivity index (χ3v) is 4.91. The predicted octanol–water partition coefficient (Wildman–Crippen LogP) is 2.88. The van der Waals surface area contributed by atoms with E-state index in [0.29, 0.717) is 29.8 Å². The summed E-state index contributed by atoms with van der Waals surface area (Å²) in [6.45, 7) is 4.40. The van der Waals surface area contributed by atoms with E-state index in [-0.39, 0.29) is 17.8 Å². The number of amides is 1. The number of rotatable bonds is 3. The summed E-state index contributed by atoms with van der Waals surface area (Å²) in [6.07, 6.45) is 4.47. The van der Waals surface area contributed by atoms with Gasteiger partial charge in [-0.2, -0.15) is 0 Å². The van der Waals surface area contributed by atoms with Crippen LogP contribution in [0.3, 0.4) is 0 Å². The zero-order chi connectivity index (χ0) is 15.0. The molecule has 0 aromatic heterocycles. The highest BCUT2D eigenvalue weighted by Crippen LogP contribution is 2.30.